The van der Waals surface area contributed by atoms with Gasteiger partial charge in [0, 0.05) is 43.2 Å². The number of benzene rings is 3. The minimum absolute atomic E-state index is 0.000688. The molecule has 1 saturated carbocycles. The van der Waals surface area contributed by atoms with E-state index < -0.39 is 53.7 Å². The van der Waals surface area contributed by atoms with Gasteiger partial charge in [-0.2, -0.15) is 5.26 Å². The summed E-state index contributed by atoms with van der Waals surface area (Å²) in [4.78, 5) is 81.3. The molecule has 19 nitrogen and oxygen atoms in total. The number of ether oxygens (including phenoxy) is 3. The van der Waals surface area contributed by atoms with Crippen LogP contribution in [0.2, 0.25) is 0 Å². The fraction of sp³-hybridized carbons (Fsp3) is 0.440. The van der Waals surface area contributed by atoms with Crippen molar-refractivity contribution in [2.24, 2.45) is 17.2 Å². The summed E-state index contributed by atoms with van der Waals surface area (Å²) in [6.07, 6.45) is 4.12. The lowest BCUT2D eigenvalue weighted by molar-refractivity contribution is -0.141. The van der Waals surface area contributed by atoms with E-state index in [2.05, 4.69) is 38.2 Å². The fourth-order valence-electron chi connectivity index (χ4n) is 8.45. The molecule has 5 amide bonds. The van der Waals surface area contributed by atoms with Gasteiger partial charge in [0.2, 0.25) is 23.6 Å². The minimum atomic E-state index is -1.41. The summed E-state index contributed by atoms with van der Waals surface area (Å²) in [7, 11) is 1.42. The third kappa shape index (κ3) is 12.5. The van der Waals surface area contributed by atoms with Gasteiger partial charge in [0.1, 0.15) is 66.8 Å². The van der Waals surface area contributed by atoms with Crippen molar-refractivity contribution in [1.29, 1.82) is 5.26 Å². The highest BCUT2D eigenvalue weighted by Crippen LogP contribution is 2.44. The number of rotatable bonds is 19. The molecule has 1 aliphatic heterocycles. The molecule has 2 heterocycles. The van der Waals surface area contributed by atoms with E-state index in [0.29, 0.717) is 51.0 Å². The zero-order valence-electron chi connectivity index (χ0n) is 39.9. The number of carbonyl (C=O) groups excluding carboxylic acids is 5. The van der Waals surface area contributed by atoms with Crippen LogP contribution >= 0.6 is 0 Å². The molecule has 1 aromatic heterocycles. The zero-order chi connectivity index (χ0) is 49.8. The van der Waals surface area contributed by atoms with Crippen LogP contribution in [0.25, 0.3) is 22.5 Å². The smallest absolute Gasteiger partial charge is 0.255 e. The number of likely N-dealkylation sites (N-methyl/N-ethyl adjacent to an activating group) is 1. The monoisotopic (exact) mass is 945 g/mol. The van der Waals surface area contributed by atoms with Gasteiger partial charge in [-0.1, -0.05) is 25.5 Å². The molecule has 19 heteroatoms. The Balaban J connectivity index is 1.35. The van der Waals surface area contributed by atoms with Gasteiger partial charge < -0.3 is 57.6 Å². The van der Waals surface area contributed by atoms with Crippen molar-refractivity contribution in [3.63, 3.8) is 0 Å². The SMILES string of the molecule is CCCC1(Oc2ccc(-c3nc(C)c(C(=O)N[C@@H](CCN)C(=O)N(C)[C@@H]4C(=O)N[C@@H](C)C(=O)N[C@H](C(=O)NCC#N)Cc5ccc(OCCN)c(c5)-c5cc4ccc5OCCN)c(C)n3)cc2)CC1. The van der Waals surface area contributed by atoms with Gasteiger partial charge in [-0.05, 0) is 113 Å². The Kier molecular flexibility index (Phi) is 17.3. The summed E-state index contributed by atoms with van der Waals surface area (Å²) in [5.41, 5.74) is 21.2. The van der Waals surface area contributed by atoms with Gasteiger partial charge in [-0.3, -0.25) is 24.0 Å². The topological polar surface area (TPSA) is 292 Å². The third-order valence-electron chi connectivity index (χ3n) is 12.1. The Hall–Kier alpha value is -7.14. The van der Waals surface area contributed by atoms with Crippen molar-refractivity contribution >= 4 is 29.5 Å². The summed E-state index contributed by atoms with van der Waals surface area (Å²) in [5.74, 6) is -1.41. The van der Waals surface area contributed by atoms with Crippen molar-refractivity contribution in [1.82, 2.24) is 36.1 Å². The van der Waals surface area contributed by atoms with Gasteiger partial charge >= 0.3 is 0 Å². The van der Waals surface area contributed by atoms with Crippen molar-refractivity contribution in [3.05, 3.63) is 88.7 Å². The Morgan fingerprint density at radius 1 is 0.899 bits per heavy atom. The van der Waals surface area contributed by atoms with Crippen LogP contribution < -0.4 is 52.7 Å². The lowest BCUT2D eigenvalue weighted by Gasteiger charge is -2.32. The first-order chi connectivity index (χ1) is 33.2. The number of fused-ring (bicyclic) bond motifs is 5. The van der Waals surface area contributed by atoms with Gasteiger partial charge in [0.05, 0.1) is 23.0 Å². The first kappa shape index (κ1) is 51.3. The number of nitrogens with two attached hydrogens (primary N) is 3. The molecule has 69 heavy (non-hydrogen) atoms. The van der Waals surface area contributed by atoms with E-state index in [1.165, 1.54) is 18.9 Å². The van der Waals surface area contributed by atoms with Crippen LogP contribution in [0.15, 0.2) is 60.7 Å². The van der Waals surface area contributed by atoms with Gasteiger partial charge in [0.15, 0.2) is 5.82 Å². The second kappa shape index (κ2) is 23.2. The van der Waals surface area contributed by atoms with Crippen LogP contribution in [-0.2, 0) is 25.6 Å². The summed E-state index contributed by atoms with van der Waals surface area (Å²) in [5, 5.41) is 20.0. The first-order valence-electron chi connectivity index (χ1n) is 23.3. The Morgan fingerprint density at radius 3 is 2.13 bits per heavy atom. The molecule has 2 aliphatic rings. The van der Waals surface area contributed by atoms with Crippen LogP contribution in [-0.4, -0.2) is 115 Å². The van der Waals surface area contributed by atoms with E-state index in [-0.39, 0.29) is 63.4 Å². The molecule has 366 valence electrons. The van der Waals surface area contributed by atoms with E-state index in [9.17, 15) is 29.2 Å². The van der Waals surface area contributed by atoms with Crippen molar-refractivity contribution in [2.75, 3.05) is 46.4 Å². The first-order valence-corrected chi connectivity index (χ1v) is 23.3. The quantitative estimate of drug-likeness (QED) is 0.0666. The highest BCUT2D eigenvalue weighted by Gasteiger charge is 2.44. The molecule has 3 aromatic carbocycles. The van der Waals surface area contributed by atoms with E-state index in [1.54, 1.807) is 50.2 Å². The van der Waals surface area contributed by atoms with Crippen LogP contribution in [0.4, 0.5) is 0 Å². The summed E-state index contributed by atoms with van der Waals surface area (Å²) < 4.78 is 18.5. The number of aryl methyl sites for hydroxylation is 2. The zero-order valence-corrected chi connectivity index (χ0v) is 39.9. The molecule has 0 saturated heterocycles. The number of carbonyl (C=O) groups is 5. The van der Waals surface area contributed by atoms with Crippen molar-refractivity contribution < 1.29 is 38.2 Å². The van der Waals surface area contributed by atoms with Crippen LogP contribution in [0, 0.1) is 25.2 Å². The van der Waals surface area contributed by atoms with Crippen LogP contribution in [0.1, 0.15) is 84.9 Å². The molecular formula is C50H63N11O8. The maximum absolute atomic E-state index is 14.8. The lowest BCUT2D eigenvalue weighted by atomic mass is 9.93. The van der Waals surface area contributed by atoms with Gasteiger partial charge in [-0.25, -0.2) is 9.97 Å². The number of aromatic nitrogens is 2. The van der Waals surface area contributed by atoms with Crippen LogP contribution in [0.5, 0.6) is 17.2 Å². The molecule has 4 atom stereocenters. The Bertz CT molecular complexity index is 2540. The standard InChI is InChI=1S/C50H63N11O8/c1-6-16-50(17-18-50)69-35-11-8-33(9-12-35)44-56-29(2)42(30(3)57-44)47(64)59-38(15-19-51)49(66)61(5)43-34-10-14-41(68-25-22-54)37(28-34)36-26-32(7-13-40(36)67-24-21-53)27-39(46(63)55-23-20-52)60-45(62)31(4)58-48(43)65/h7-14,26,28,31,38-39,43H,6,15-19,21-25,27,51,53-54H2,1-5H3,(H,55,63)(H,58,65)(H,59,64)(H,60,62)/t31-,38-,39-,43-/m0/s1. The highest BCUT2D eigenvalue weighted by atomic mass is 16.5. The molecule has 1 fully saturated rings. The maximum Gasteiger partial charge on any atom is 0.255 e. The second-order valence-corrected chi connectivity index (χ2v) is 17.3. The summed E-state index contributed by atoms with van der Waals surface area (Å²) in [6, 6.07) is 14.6. The van der Waals surface area contributed by atoms with Gasteiger partial charge in [0.25, 0.3) is 5.91 Å². The molecular weight excluding hydrogens is 883 g/mol. The molecule has 4 aromatic rings. The highest BCUT2D eigenvalue weighted by molar-refractivity contribution is 6.00. The van der Waals surface area contributed by atoms with Crippen LogP contribution in [0.3, 0.4) is 0 Å². The second-order valence-electron chi connectivity index (χ2n) is 17.3. The lowest BCUT2D eigenvalue weighted by Crippen LogP contribution is -2.56. The van der Waals surface area contributed by atoms with Crippen molar-refractivity contribution in [3.8, 4) is 45.8 Å². The number of amides is 5. The molecule has 10 N–H and O–H groups in total. The predicted octanol–water partition coefficient (Wildman–Crippen LogP) is 2.65. The van der Waals surface area contributed by atoms with E-state index in [0.717, 1.165) is 37.0 Å². The molecule has 6 rings (SSSR count). The Morgan fingerprint density at radius 2 is 1.54 bits per heavy atom. The summed E-state index contributed by atoms with van der Waals surface area (Å²) >= 11 is 0. The van der Waals surface area contributed by atoms with Crippen molar-refractivity contribution in [2.45, 2.75) is 96.0 Å². The fourth-order valence-corrected chi connectivity index (χ4v) is 8.45. The normalized spacial score (nSPS) is 17.7. The molecule has 1 aliphatic carbocycles. The Labute approximate surface area is 402 Å². The third-order valence-corrected chi connectivity index (χ3v) is 12.1. The minimum Gasteiger partial charge on any atom is -0.492 e. The molecule has 4 bridgehead atoms. The largest absolute Gasteiger partial charge is 0.492 e. The average Bonchev–Trinajstić information content (AvgIpc) is 4.09. The predicted molar refractivity (Wildman–Crippen MR) is 258 cm³/mol. The number of nitrogens with one attached hydrogen (secondary N) is 4. The van der Waals surface area contributed by atoms with E-state index >= 15 is 0 Å². The molecule has 0 spiro atoms. The molecule has 0 radical (unpaired) electrons. The maximum atomic E-state index is 14.8. The van der Waals surface area contributed by atoms with E-state index in [1.807, 2.05) is 30.3 Å². The number of hydrogen-bond donors (Lipinski definition) is 7. The average molecular weight is 946 g/mol. The number of nitriles is 1. The number of nitrogens with zero attached hydrogens (tertiary/aromatic N) is 4. The molecule has 0 unspecified atom stereocenters. The van der Waals surface area contributed by atoms with Gasteiger partial charge in [-0.15, -0.1) is 0 Å². The van der Waals surface area contributed by atoms with E-state index in [4.69, 9.17) is 31.4 Å². The summed E-state index contributed by atoms with van der Waals surface area (Å²) in [6.45, 7) is 7.32. The number of hydrogen-bond acceptors (Lipinski definition) is 14.